The quantitative estimate of drug-likeness (QED) is 0.689. The molecule has 2 rings (SSSR count). The molecule has 1 saturated carbocycles. The molecule has 0 bridgehead atoms. The third-order valence-corrected chi connectivity index (χ3v) is 3.72. The summed E-state index contributed by atoms with van der Waals surface area (Å²) >= 11 is 0. The first-order valence-corrected chi connectivity index (χ1v) is 5.74. The van der Waals surface area contributed by atoms with Crippen LogP contribution in [0.1, 0.15) is 39.0 Å². The Hall–Kier alpha value is -0.0800. The fraction of sp³-hybridized carbons (Fsp3) is 1.00. The highest BCUT2D eigenvalue weighted by Gasteiger charge is 2.30. The Morgan fingerprint density at radius 3 is 2.85 bits per heavy atom. The molecule has 1 aliphatic carbocycles. The third kappa shape index (κ3) is 2.44. The molecular weight excluding hydrogens is 160 g/mol. The summed E-state index contributed by atoms with van der Waals surface area (Å²) in [5.74, 6) is 0.941. The van der Waals surface area contributed by atoms with Crippen LogP contribution in [0, 0.1) is 5.92 Å². The zero-order valence-electron chi connectivity index (χ0n) is 8.73. The highest BCUT2D eigenvalue weighted by molar-refractivity contribution is 4.91. The van der Waals surface area contributed by atoms with Gasteiger partial charge in [0.1, 0.15) is 0 Å². The maximum Gasteiger partial charge on any atom is 0.0153 e. The first-order valence-electron chi connectivity index (χ1n) is 5.74. The zero-order valence-corrected chi connectivity index (χ0v) is 8.73. The van der Waals surface area contributed by atoms with Gasteiger partial charge < -0.3 is 10.6 Å². The van der Waals surface area contributed by atoms with E-state index in [2.05, 4.69) is 17.6 Å². The van der Waals surface area contributed by atoms with E-state index in [0.29, 0.717) is 5.54 Å². The fourth-order valence-electron chi connectivity index (χ4n) is 2.42. The average Bonchev–Trinajstić information content (AvgIpc) is 2.54. The normalized spacial score (nSPS) is 31.6. The van der Waals surface area contributed by atoms with E-state index in [4.69, 9.17) is 0 Å². The Bertz CT molecular complexity index is 157. The van der Waals surface area contributed by atoms with Crippen molar-refractivity contribution in [1.29, 1.82) is 0 Å². The molecular formula is C11H22N2. The number of rotatable bonds is 4. The molecule has 2 aliphatic rings. The van der Waals surface area contributed by atoms with Gasteiger partial charge in [-0.2, -0.15) is 0 Å². The maximum atomic E-state index is 3.69. The summed E-state index contributed by atoms with van der Waals surface area (Å²) in [4.78, 5) is 0. The molecule has 2 fully saturated rings. The first-order chi connectivity index (χ1) is 6.29. The molecule has 0 aromatic heterocycles. The second-order valence-corrected chi connectivity index (χ2v) is 4.99. The minimum atomic E-state index is 0.506. The minimum absolute atomic E-state index is 0.506. The summed E-state index contributed by atoms with van der Waals surface area (Å²) in [6.45, 7) is 6.08. The predicted molar refractivity (Wildman–Crippen MR) is 55.9 cm³/mol. The molecule has 76 valence electrons. The number of hydrogen-bond acceptors (Lipinski definition) is 2. The van der Waals surface area contributed by atoms with Gasteiger partial charge in [-0.05, 0) is 64.6 Å². The standard InChI is InChI=1S/C11H22N2/c1-11(5-2-6-11)13-8-4-10-3-7-12-9-10/h10,12-13H,2-9H2,1H3. The van der Waals surface area contributed by atoms with E-state index >= 15 is 0 Å². The lowest BCUT2D eigenvalue weighted by Gasteiger charge is -2.39. The summed E-state index contributed by atoms with van der Waals surface area (Å²) < 4.78 is 0. The van der Waals surface area contributed by atoms with E-state index < -0.39 is 0 Å². The van der Waals surface area contributed by atoms with Gasteiger partial charge in [-0.15, -0.1) is 0 Å². The SMILES string of the molecule is CC1(NCCC2CCNC2)CCC1. The van der Waals surface area contributed by atoms with Crippen molar-refractivity contribution in [2.75, 3.05) is 19.6 Å². The molecule has 2 nitrogen and oxygen atoms in total. The van der Waals surface area contributed by atoms with E-state index in [1.54, 1.807) is 0 Å². The van der Waals surface area contributed by atoms with E-state index in [1.165, 1.54) is 51.7 Å². The van der Waals surface area contributed by atoms with Gasteiger partial charge in [0.2, 0.25) is 0 Å². The van der Waals surface area contributed by atoms with Gasteiger partial charge in [-0.3, -0.25) is 0 Å². The van der Waals surface area contributed by atoms with Crippen LogP contribution in [0.2, 0.25) is 0 Å². The smallest absolute Gasteiger partial charge is 0.0153 e. The van der Waals surface area contributed by atoms with Gasteiger partial charge in [-0.25, -0.2) is 0 Å². The zero-order chi connectivity index (χ0) is 9.15. The minimum Gasteiger partial charge on any atom is -0.316 e. The molecule has 2 heteroatoms. The second kappa shape index (κ2) is 3.97. The van der Waals surface area contributed by atoms with Crippen LogP contribution in [0.4, 0.5) is 0 Å². The summed E-state index contributed by atoms with van der Waals surface area (Å²) in [6.07, 6.45) is 6.95. The number of nitrogens with one attached hydrogen (secondary N) is 2. The van der Waals surface area contributed by atoms with Crippen molar-refractivity contribution >= 4 is 0 Å². The molecule has 0 radical (unpaired) electrons. The maximum absolute atomic E-state index is 3.69. The van der Waals surface area contributed by atoms with Crippen LogP contribution >= 0.6 is 0 Å². The van der Waals surface area contributed by atoms with Crippen LogP contribution in [0.3, 0.4) is 0 Å². The second-order valence-electron chi connectivity index (χ2n) is 4.99. The van der Waals surface area contributed by atoms with Gasteiger partial charge in [0.15, 0.2) is 0 Å². The van der Waals surface area contributed by atoms with Crippen LogP contribution in [0.25, 0.3) is 0 Å². The highest BCUT2D eigenvalue weighted by atomic mass is 15.0. The lowest BCUT2D eigenvalue weighted by molar-refractivity contribution is 0.205. The highest BCUT2D eigenvalue weighted by Crippen LogP contribution is 2.30. The molecule has 1 atom stereocenters. The third-order valence-electron chi connectivity index (χ3n) is 3.72. The lowest BCUT2D eigenvalue weighted by Crippen LogP contribution is -2.48. The van der Waals surface area contributed by atoms with Crippen LogP contribution < -0.4 is 10.6 Å². The molecule has 0 spiro atoms. The lowest BCUT2D eigenvalue weighted by atomic mass is 9.78. The topological polar surface area (TPSA) is 24.1 Å². The molecule has 0 aromatic rings. The molecule has 0 aromatic carbocycles. The van der Waals surface area contributed by atoms with Crippen molar-refractivity contribution in [3.8, 4) is 0 Å². The van der Waals surface area contributed by atoms with Crippen LogP contribution in [0.5, 0.6) is 0 Å². The summed E-state index contributed by atoms with van der Waals surface area (Å²) in [7, 11) is 0. The molecule has 1 unspecified atom stereocenters. The van der Waals surface area contributed by atoms with Crippen molar-refractivity contribution < 1.29 is 0 Å². The van der Waals surface area contributed by atoms with Gasteiger partial charge in [0, 0.05) is 5.54 Å². The number of hydrogen-bond donors (Lipinski definition) is 2. The first kappa shape index (κ1) is 9.47. The van der Waals surface area contributed by atoms with Crippen molar-refractivity contribution in [1.82, 2.24) is 10.6 Å². The van der Waals surface area contributed by atoms with Crippen LogP contribution in [-0.2, 0) is 0 Å². The summed E-state index contributed by atoms with van der Waals surface area (Å²) in [6, 6.07) is 0. The molecule has 13 heavy (non-hydrogen) atoms. The predicted octanol–water partition coefficient (Wildman–Crippen LogP) is 1.52. The van der Waals surface area contributed by atoms with Crippen LogP contribution in [-0.4, -0.2) is 25.2 Å². The molecule has 1 aliphatic heterocycles. The molecule has 1 heterocycles. The Labute approximate surface area is 81.5 Å². The van der Waals surface area contributed by atoms with Gasteiger partial charge >= 0.3 is 0 Å². The Morgan fingerprint density at radius 1 is 1.46 bits per heavy atom. The van der Waals surface area contributed by atoms with Gasteiger partial charge in [-0.1, -0.05) is 0 Å². The summed E-state index contributed by atoms with van der Waals surface area (Å²) in [5, 5.41) is 7.11. The van der Waals surface area contributed by atoms with E-state index in [0.717, 1.165) is 5.92 Å². The monoisotopic (exact) mass is 182 g/mol. The Balaban J connectivity index is 1.57. The molecule has 2 N–H and O–H groups in total. The van der Waals surface area contributed by atoms with E-state index in [1.807, 2.05) is 0 Å². The van der Waals surface area contributed by atoms with Gasteiger partial charge in [0.05, 0.1) is 0 Å². The van der Waals surface area contributed by atoms with Gasteiger partial charge in [0.25, 0.3) is 0 Å². The van der Waals surface area contributed by atoms with Crippen molar-refractivity contribution in [2.45, 2.75) is 44.6 Å². The van der Waals surface area contributed by atoms with Crippen molar-refractivity contribution in [3.63, 3.8) is 0 Å². The summed E-state index contributed by atoms with van der Waals surface area (Å²) in [5.41, 5.74) is 0.506. The van der Waals surface area contributed by atoms with E-state index in [-0.39, 0.29) is 0 Å². The fourth-order valence-corrected chi connectivity index (χ4v) is 2.42. The molecule has 0 amide bonds. The Morgan fingerprint density at radius 2 is 2.31 bits per heavy atom. The van der Waals surface area contributed by atoms with Crippen molar-refractivity contribution in [3.05, 3.63) is 0 Å². The van der Waals surface area contributed by atoms with Crippen molar-refractivity contribution in [2.24, 2.45) is 5.92 Å². The largest absolute Gasteiger partial charge is 0.316 e. The van der Waals surface area contributed by atoms with E-state index in [9.17, 15) is 0 Å². The average molecular weight is 182 g/mol. The molecule has 1 saturated heterocycles. The Kier molecular flexibility index (Phi) is 2.89. The van der Waals surface area contributed by atoms with Crippen LogP contribution in [0.15, 0.2) is 0 Å².